The lowest BCUT2D eigenvalue weighted by molar-refractivity contribution is 0.0698. The average molecular weight is 361 g/mol. The summed E-state index contributed by atoms with van der Waals surface area (Å²) in [6.45, 7) is 0. The second-order valence-electron chi connectivity index (χ2n) is 5.82. The van der Waals surface area contributed by atoms with E-state index in [-0.39, 0.29) is 16.8 Å². The van der Waals surface area contributed by atoms with Crippen LogP contribution in [0.1, 0.15) is 31.8 Å². The fourth-order valence-corrected chi connectivity index (χ4v) is 2.54. The van der Waals surface area contributed by atoms with Gasteiger partial charge in [-0.1, -0.05) is 54.6 Å². The van der Waals surface area contributed by atoms with Crippen LogP contribution in [0.5, 0.6) is 0 Å². The maximum Gasteiger partial charge on any atom is 0.337 e. The molecule has 0 saturated heterocycles. The van der Waals surface area contributed by atoms with Crippen LogP contribution in [0.3, 0.4) is 0 Å². The summed E-state index contributed by atoms with van der Waals surface area (Å²) in [5, 5.41) is 11.9. The summed E-state index contributed by atoms with van der Waals surface area (Å²) >= 11 is 0. The van der Waals surface area contributed by atoms with Gasteiger partial charge in [-0.05, 0) is 41.5 Å². The van der Waals surface area contributed by atoms with E-state index in [1.165, 1.54) is 24.3 Å². The summed E-state index contributed by atoms with van der Waals surface area (Å²) in [5.41, 5.74) is 1.92. The Kier molecular flexibility index (Phi) is 5.42. The summed E-state index contributed by atoms with van der Waals surface area (Å²) in [5.74, 6) is -2.29. The van der Waals surface area contributed by atoms with E-state index >= 15 is 0 Å². The number of benzene rings is 3. The van der Waals surface area contributed by atoms with Gasteiger partial charge in [0.2, 0.25) is 0 Å². The molecule has 0 aliphatic heterocycles. The summed E-state index contributed by atoms with van der Waals surface area (Å²) < 4.78 is 13.3. The molecule has 4 nitrogen and oxygen atoms in total. The van der Waals surface area contributed by atoms with E-state index in [2.05, 4.69) is 5.32 Å². The molecule has 0 aliphatic rings. The van der Waals surface area contributed by atoms with Gasteiger partial charge >= 0.3 is 5.97 Å². The summed E-state index contributed by atoms with van der Waals surface area (Å²) in [6, 6.07) is 19.5. The summed E-state index contributed by atoms with van der Waals surface area (Å²) in [6.07, 6.45) is 3.70. The molecule has 0 fully saturated rings. The van der Waals surface area contributed by atoms with Crippen LogP contribution in [0.2, 0.25) is 0 Å². The number of anilines is 1. The zero-order valence-electron chi connectivity index (χ0n) is 14.2. The topological polar surface area (TPSA) is 66.4 Å². The quantitative estimate of drug-likeness (QED) is 0.632. The predicted octanol–water partition coefficient (Wildman–Crippen LogP) is 4.95. The molecule has 0 spiro atoms. The highest BCUT2D eigenvalue weighted by atomic mass is 19.1. The number of amides is 1. The van der Waals surface area contributed by atoms with Crippen molar-refractivity contribution in [1.82, 2.24) is 0 Å². The number of halogens is 1. The third-order valence-electron chi connectivity index (χ3n) is 3.88. The molecule has 0 saturated carbocycles. The highest BCUT2D eigenvalue weighted by Crippen LogP contribution is 2.21. The molecule has 27 heavy (non-hydrogen) atoms. The molecule has 2 N–H and O–H groups in total. The maximum absolute atomic E-state index is 13.3. The summed E-state index contributed by atoms with van der Waals surface area (Å²) in [4.78, 5) is 23.8. The second-order valence-corrected chi connectivity index (χ2v) is 5.82. The average Bonchev–Trinajstić information content (AvgIpc) is 2.67. The first-order chi connectivity index (χ1) is 13.0. The first-order valence-corrected chi connectivity index (χ1v) is 8.20. The largest absolute Gasteiger partial charge is 0.478 e. The second kappa shape index (κ2) is 8.10. The monoisotopic (exact) mass is 361 g/mol. The molecule has 0 aliphatic carbocycles. The van der Waals surface area contributed by atoms with Crippen LogP contribution in [0, 0.1) is 5.82 Å². The van der Waals surface area contributed by atoms with Gasteiger partial charge in [-0.15, -0.1) is 0 Å². The van der Waals surface area contributed by atoms with Crippen LogP contribution in [-0.2, 0) is 0 Å². The minimum atomic E-state index is -1.16. The Morgan fingerprint density at radius 2 is 1.59 bits per heavy atom. The molecular formula is C22H16FNO3. The van der Waals surface area contributed by atoms with Crippen molar-refractivity contribution < 1.29 is 19.1 Å². The van der Waals surface area contributed by atoms with Crippen LogP contribution in [0.15, 0.2) is 72.8 Å². The Balaban J connectivity index is 1.89. The molecule has 0 radical (unpaired) electrons. The molecule has 0 heterocycles. The van der Waals surface area contributed by atoms with Gasteiger partial charge in [0.05, 0.1) is 11.3 Å². The van der Waals surface area contributed by atoms with Crippen LogP contribution >= 0.6 is 0 Å². The molecule has 3 rings (SSSR count). The van der Waals surface area contributed by atoms with Crippen molar-refractivity contribution in [2.45, 2.75) is 0 Å². The zero-order chi connectivity index (χ0) is 19.2. The Labute approximate surface area is 155 Å². The standard InChI is InChI=1S/C22H16FNO3/c23-18-8-4-7-17(14-18)21(25)24-20-13-16(11-12-19(20)22(26)27)10-9-15-5-2-1-3-6-15/h1-14H,(H,24,25)(H,26,27). The van der Waals surface area contributed by atoms with E-state index in [9.17, 15) is 19.1 Å². The molecule has 0 unspecified atom stereocenters. The number of carbonyl (C=O) groups excluding carboxylic acids is 1. The van der Waals surface area contributed by atoms with Crippen LogP contribution < -0.4 is 5.32 Å². The molecule has 0 aromatic heterocycles. The fourth-order valence-electron chi connectivity index (χ4n) is 2.54. The van der Waals surface area contributed by atoms with E-state index in [1.54, 1.807) is 12.1 Å². The fraction of sp³-hybridized carbons (Fsp3) is 0. The van der Waals surface area contributed by atoms with Crippen molar-refractivity contribution >= 4 is 29.7 Å². The number of carbonyl (C=O) groups is 2. The number of carboxylic acids is 1. The molecule has 5 heteroatoms. The van der Waals surface area contributed by atoms with Crippen molar-refractivity contribution in [3.63, 3.8) is 0 Å². The first kappa shape index (κ1) is 18.1. The van der Waals surface area contributed by atoms with E-state index in [1.807, 2.05) is 42.5 Å². The van der Waals surface area contributed by atoms with E-state index in [0.29, 0.717) is 0 Å². The zero-order valence-corrected chi connectivity index (χ0v) is 14.2. The van der Waals surface area contributed by atoms with Crippen molar-refractivity contribution in [3.8, 4) is 0 Å². The molecule has 0 atom stereocenters. The minimum absolute atomic E-state index is 0.0448. The van der Waals surface area contributed by atoms with Gasteiger partial charge in [0.25, 0.3) is 5.91 Å². The predicted molar refractivity (Wildman–Crippen MR) is 103 cm³/mol. The highest BCUT2D eigenvalue weighted by Gasteiger charge is 2.14. The number of hydrogen-bond acceptors (Lipinski definition) is 2. The van der Waals surface area contributed by atoms with E-state index in [0.717, 1.165) is 17.2 Å². The molecule has 1 amide bonds. The van der Waals surface area contributed by atoms with Crippen molar-refractivity contribution in [3.05, 3.63) is 101 Å². The molecular weight excluding hydrogens is 345 g/mol. The number of hydrogen-bond donors (Lipinski definition) is 2. The Bertz CT molecular complexity index is 1010. The van der Waals surface area contributed by atoms with Gasteiger partial charge in [-0.2, -0.15) is 0 Å². The molecule has 3 aromatic rings. The van der Waals surface area contributed by atoms with Crippen LogP contribution in [0.25, 0.3) is 12.2 Å². The van der Waals surface area contributed by atoms with Crippen molar-refractivity contribution in [2.75, 3.05) is 5.32 Å². The molecule has 3 aromatic carbocycles. The Hall–Kier alpha value is -3.73. The smallest absolute Gasteiger partial charge is 0.337 e. The van der Waals surface area contributed by atoms with Gasteiger partial charge in [0.15, 0.2) is 0 Å². The Morgan fingerprint density at radius 3 is 2.30 bits per heavy atom. The highest BCUT2D eigenvalue weighted by molar-refractivity contribution is 6.08. The maximum atomic E-state index is 13.3. The molecule has 134 valence electrons. The number of nitrogens with one attached hydrogen (secondary N) is 1. The van der Waals surface area contributed by atoms with Gasteiger partial charge in [0.1, 0.15) is 5.82 Å². The number of carboxylic acid groups (broad SMARTS) is 1. The summed E-state index contributed by atoms with van der Waals surface area (Å²) in [7, 11) is 0. The number of aromatic carboxylic acids is 1. The minimum Gasteiger partial charge on any atom is -0.478 e. The lowest BCUT2D eigenvalue weighted by atomic mass is 10.1. The molecule has 0 bridgehead atoms. The first-order valence-electron chi connectivity index (χ1n) is 8.20. The normalized spacial score (nSPS) is 10.7. The lowest BCUT2D eigenvalue weighted by Gasteiger charge is -2.10. The van der Waals surface area contributed by atoms with Gasteiger partial charge < -0.3 is 10.4 Å². The van der Waals surface area contributed by atoms with Crippen LogP contribution in [0.4, 0.5) is 10.1 Å². The van der Waals surface area contributed by atoms with Crippen LogP contribution in [-0.4, -0.2) is 17.0 Å². The SMILES string of the molecule is O=C(Nc1cc(C=Cc2ccccc2)ccc1C(=O)O)c1cccc(F)c1. The third kappa shape index (κ3) is 4.67. The van der Waals surface area contributed by atoms with E-state index < -0.39 is 17.7 Å². The van der Waals surface area contributed by atoms with Crippen molar-refractivity contribution in [2.24, 2.45) is 0 Å². The lowest BCUT2D eigenvalue weighted by Crippen LogP contribution is -2.15. The van der Waals surface area contributed by atoms with Gasteiger partial charge in [-0.25, -0.2) is 9.18 Å². The Morgan fingerprint density at radius 1 is 0.852 bits per heavy atom. The van der Waals surface area contributed by atoms with Crippen molar-refractivity contribution in [1.29, 1.82) is 0 Å². The number of rotatable bonds is 5. The van der Waals surface area contributed by atoms with Gasteiger partial charge in [-0.3, -0.25) is 4.79 Å². The van der Waals surface area contributed by atoms with E-state index in [4.69, 9.17) is 0 Å². The third-order valence-corrected chi connectivity index (χ3v) is 3.88. The van der Waals surface area contributed by atoms with Gasteiger partial charge in [0, 0.05) is 5.56 Å².